The molecule has 0 bridgehead atoms. The molecule has 5 nitrogen and oxygen atoms in total. The molecule has 0 saturated heterocycles. The number of nitrogens with one attached hydrogen (secondary N) is 1. The second kappa shape index (κ2) is 7.52. The molecule has 0 heterocycles. The number of alkyl halides is 3. The van der Waals surface area contributed by atoms with E-state index >= 15 is 0 Å². The van der Waals surface area contributed by atoms with Gasteiger partial charge in [0, 0.05) is 11.3 Å². The summed E-state index contributed by atoms with van der Waals surface area (Å²) < 4.78 is 50.3. The van der Waals surface area contributed by atoms with Gasteiger partial charge in [0.2, 0.25) is 0 Å². The van der Waals surface area contributed by atoms with Crippen LogP contribution in [0.25, 0.3) is 0 Å². The number of hydrogen-bond acceptors (Lipinski definition) is 4. The van der Waals surface area contributed by atoms with Crippen LogP contribution in [0.4, 0.5) is 18.9 Å². The number of methoxy groups -OCH3 is 2. The second-order valence-corrected chi connectivity index (χ2v) is 5.13. The summed E-state index contributed by atoms with van der Waals surface area (Å²) in [5.74, 6) is -0.351. The van der Waals surface area contributed by atoms with Crippen molar-refractivity contribution in [3.05, 3.63) is 47.0 Å². The maximum atomic E-state index is 12.3. The maximum absolute atomic E-state index is 12.3. The molecule has 9 heteroatoms. The lowest BCUT2D eigenvalue weighted by atomic mass is 10.1. The van der Waals surface area contributed by atoms with Gasteiger partial charge in [-0.25, -0.2) is 0 Å². The Morgan fingerprint density at radius 3 is 2.24 bits per heavy atom. The number of ether oxygens (including phenoxy) is 3. The first-order valence-corrected chi connectivity index (χ1v) is 7.20. The Labute approximate surface area is 146 Å². The van der Waals surface area contributed by atoms with Crippen LogP contribution < -0.4 is 19.5 Å². The largest absolute Gasteiger partial charge is 0.573 e. The number of benzene rings is 2. The van der Waals surface area contributed by atoms with Crippen molar-refractivity contribution in [1.29, 1.82) is 0 Å². The van der Waals surface area contributed by atoms with Crippen LogP contribution >= 0.6 is 11.6 Å². The van der Waals surface area contributed by atoms with E-state index < -0.39 is 12.3 Å². The SMILES string of the molecule is COc1cc(C(=O)Nc2ccc(OC(F)(F)F)cc2)cc(Cl)c1OC. The minimum Gasteiger partial charge on any atom is -0.493 e. The number of halogens is 4. The van der Waals surface area contributed by atoms with E-state index in [0.29, 0.717) is 0 Å². The summed E-state index contributed by atoms with van der Waals surface area (Å²) in [4.78, 5) is 12.3. The fraction of sp³-hybridized carbons (Fsp3) is 0.188. The predicted molar refractivity (Wildman–Crippen MR) is 85.6 cm³/mol. The van der Waals surface area contributed by atoms with E-state index in [4.69, 9.17) is 21.1 Å². The van der Waals surface area contributed by atoms with Gasteiger partial charge in [-0.1, -0.05) is 11.6 Å². The highest BCUT2D eigenvalue weighted by molar-refractivity contribution is 6.32. The van der Waals surface area contributed by atoms with Crippen molar-refractivity contribution in [2.75, 3.05) is 19.5 Å². The normalized spacial score (nSPS) is 11.0. The van der Waals surface area contributed by atoms with Gasteiger partial charge in [0.25, 0.3) is 5.91 Å². The van der Waals surface area contributed by atoms with Crippen LogP contribution in [-0.2, 0) is 0 Å². The smallest absolute Gasteiger partial charge is 0.493 e. The highest BCUT2D eigenvalue weighted by atomic mass is 35.5. The van der Waals surface area contributed by atoms with E-state index in [-0.39, 0.29) is 33.5 Å². The van der Waals surface area contributed by atoms with E-state index in [0.717, 1.165) is 12.1 Å². The van der Waals surface area contributed by atoms with Crippen LogP contribution in [0.3, 0.4) is 0 Å². The molecule has 2 rings (SSSR count). The molecule has 2 aromatic rings. The Morgan fingerprint density at radius 2 is 1.72 bits per heavy atom. The van der Waals surface area contributed by atoms with Gasteiger partial charge < -0.3 is 19.5 Å². The molecule has 134 valence electrons. The zero-order chi connectivity index (χ0) is 18.6. The van der Waals surface area contributed by atoms with Crippen LogP contribution in [0.2, 0.25) is 5.02 Å². The average molecular weight is 376 g/mol. The van der Waals surface area contributed by atoms with Gasteiger partial charge in [0.15, 0.2) is 11.5 Å². The lowest BCUT2D eigenvalue weighted by molar-refractivity contribution is -0.274. The molecule has 0 atom stereocenters. The lowest BCUT2D eigenvalue weighted by Gasteiger charge is -2.12. The molecule has 1 amide bonds. The van der Waals surface area contributed by atoms with Gasteiger partial charge in [0.05, 0.1) is 19.2 Å². The van der Waals surface area contributed by atoms with Gasteiger partial charge in [-0.3, -0.25) is 4.79 Å². The van der Waals surface area contributed by atoms with Crippen molar-refractivity contribution in [3.8, 4) is 17.2 Å². The first kappa shape index (κ1) is 18.7. The van der Waals surface area contributed by atoms with E-state index in [2.05, 4.69) is 10.1 Å². The summed E-state index contributed by atoms with van der Waals surface area (Å²) in [7, 11) is 2.81. The van der Waals surface area contributed by atoms with Crippen molar-refractivity contribution in [1.82, 2.24) is 0 Å². The number of anilines is 1. The Morgan fingerprint density at radius 1 is 1.08 bits per heavy atom. The lowest BCUT2D eigenvalue weighted by Crippen LogP contribution is -2.17. The molecular weight excluding hydrogens is 363 g/mol. The summed E-state index contributed by atoms with van der Waals surface area (Å²) in [6.45, 7) is 0. The van der Waals surface area contributed by atoms with Gasteiger partial charge in [-0.15, -0.1) is 13.2 Å². The van der Waals surface area contributed by atoms with Gasteiger partial charge in [-0.05, 0) is 36.4 Å². The number of carbonyl (C=O) groups excluding carboxylic acids is 1. The minimum absolute atomic E-state index is 0.181. The van der Waals surface area contributed by atoms with E-state index in [1.807, 2.05) is 0 Å². The highest BCUT2D eigenvalue weighted by Crippen LogP contribution is 2.36. The van der Waals surface area contributed by atoms with Gasteiger partial charge in [0.1, 0.15) is 5.75 Å². The first-order chi connectivity index (χ1) is 11.7. The van der Waals surface area contributed by atoms with Crippen LogP contribution in [0.15, 0.2) is 36.4 Å². The Bertz CT molecular complexity index is 763. The standard InChI is InChI=1S/C16H13ClF3NO4/c1-23-13-8-9(7-12(17)14(13)24-2)15(22)21-10-3-5-11(6-4-10)25-16(18,19)20/h3-8H,1-2H3,(H,21,22). The molecule has 0 aliphatic heterocycles. The average Bonchev–Trinajstić information content (AvgIpc) is 2.54. The van der Waals surface area contributed by atoms with Crippen LogP contribution in [-0.4, -0.2) is 26.5 Å². The maximum Gasteiger partial charge on any atom is 0.573 e. The summed E-state index contributed by atoms with van der Waals surface area (Å²) in [6.07, 6.45) is -4.78. The van der Waals surface area contributed by atoms with E-state index in [1.54, 1.807) is 0 Å². The third-order valence-corrected chi connectivity index (χ3v) is 3.32. The number of amides is 1. The molecule has 0 fully saturated rings. The van der Waals surface area contributed by atoms with Crippen molar-refractivity contribution in [3.63, 3.8) is 0 Å². The summed E-state index contributed by atoms with van der Waals surface area (Å²) in [6, 6.07) is 7.55. The molecule has 0 spiro atoms. The minimum atomic E-state index is -4.78. The first-order valence-electron chi connectivity index (χ1n) is 6.82. The fourth-order valence-electron chi connectivity index (χ4n) is 1.99. The van der Waals surface area contributed by atoms with Crippen LogP contribution in [0, 0.1) is 0 Å². The van der Waals surface area contributed by atoms with Crippen LogP contribution in [0.1, 0.15) is 10.4 Å². The van der Waals surface area contributed by atoms with Gasteiger partial charge >= 0.3 is 6.36 Å². The Balaban J connectivity index is 2.16. The number of hydrogen-bond donors (Lipinski definition) is 1. The van der Waals surface area contributed by atoms with E-state index in [9.17, 15) is 18.0 Å². The molecule has 0 aromatic heterocycles. The zero-order valence-electron chi connectivity index (χ0n) is 13.1. The monoisotopic (exact) mass is 375 g/mol. The molecule has 0 radical (unpaired) electrons. The molecule has 0 aliphatic carbocycles. The summed E-state index contributed by atoms with van der Waals surface area (Å²) >= 11 is 6.03. The number of carbonyl (C=O) groups is 1. The van der Waals surface area contributed by atoms with Crippen molar-refractivity contribution in [2.45, 2.75) is 6.36 Å². The summed E-state index contributed by atoms with van der Waals surface area (Å²) in [5, 5.41) is 2.71. The van der Waals surface area contributed by atoms with E-state index in [1.165, 1.54) is 38.5 Å². The molecule has 2 aromatic carbocycles. The van der Waals surface area contributed by atoms with Crippen molar-refractivity contribution < 1.29 is 32.2 Å². The predicted octanol–water partition coefficient (Wildman–Crippen LogP) is 4.51. The zero-order valence-corrected chi connectivity index (χ0v) is 13.9. The second-order valence-electron chi connectivity index (χ2n) is 4.72. The molecule has 0 saturated carbocycles. The highest BCUT2D eigenvalue weighted by Gasteiger charge is 2.31. The third kappa shape index (κ3) is 4.93. The Kier molecular flexibility index (Phi) is 5.63. The fourth-order valence-corrected chi connectivity index (χ4v) is 2.28. The van der Waals surface area contributed by atoms with Crippen molar-refractivity contribution >= 4 is 23.2 Å². The number of rotatable bonds is 5. The van der Waals surface area contributed by atoms with Crippen molar-refractivity contribution in [2.24, 2.45) is 0 Å². The Hall–Kier alpha value is -2.61. The van der Waals surface area contributed by atoms with Gasteiger partial charge in [-0.2, -0.15) is 0 Å². The third-order valence-electron chi connectivity index (χ3n) is 3.04. The molecular formula is C16H13ClF3NO4. The van der Waals surface area contributed by atoms with Crippen LogP contribution in [0.5, 0.6) is 17.2 Å². The molecule has 25 heavy (non-hydrogen) atoms. The molecule has 1 N–H and O–H groups in total. The summed E-state index contributed by atoms with van der Waals surface area (Å²) in [5.41, 5.74) is 0.476. The molecule has 0 aliphatic rings. The topological polar surface area (TPSA) is 56.8 Å². The quantitative estimate of drug-likeness (QED) is 0.835. The molecule has 0 unspecified atom stereocenters.